The molecule has 2 aliphatic rings. The van der Waals surface area contributed by atoms with Crippen molar-refractivity contribution in [3.8, 4) is 0 Å². The number of carbonyl (C=O) groups is 2. The maximum absolute atomic E-state index is 14.5. The van der Waals surface area contributed by atoms with Gasteiger partial charge in [-0.1, -0.05) is 29.3 Å². The van der Waals surface area contributed by atoms with Crippen LogP contribution >= 0.6 is 23.2 Å². The summed E-state index contributed by atoms with van der Waals surface area (Å²) in [6, 6.07) is 7.32. The number of hydrogen-bond donors (Lipinski definition) is 0. The Balaban J connectivity index is 1.86. The molecule has 0 radical (unpaired) electrons. The lowest BCUT2D eigenvalue weighted by atomic mass is 10.0. The summed E-state index contributed by atoms with van der Waals surface area (Å²) in [5, 5.41) is 0.579. The zero-order valence-corrected chi connectivity index (χ0v) is 17.5. The molecule has 30 heavy (non-hydrogen) atoms. The van der Waals surface area contributed by atoms with E-state index in [1.807, 2.05) is 11.9 Å². The van der Waals surface area contributed by atoms with Crippen molar-refractivity contribution in [1.29, 1.82) is 0 Å². The predicted octanol–water partition coefficient (Wildman–Crippen LogP) is 3.80. The van der Waals surface area contributed by atoms with Crippen molar-refractivity contribution in [1.82, 2.24) is 9.80 Å². The first-order chi connectivity index (χ1) is 14.3. The van der Waals surface area contributed by atoms with Crippen LogP contribution in [0.5, 0.6) is 0 Å². The number of likely N-dealkylation sites (N-methyl/N-ethyl adjacent to an activating group) is 1. The lowest BCUT2D eigenvalue weighted by Gasteiger charge is -2.34. The van der Waals surface area contributed by atoms with Crippen LogP contribution in [0.2, 0.25) is 10.0 Å². The van der Waals surface area contributed by atoms with Crippen molar-refractivity contribution in [2.24, 2.45) is 0 Å². The van der Waals surface area contributed by atoms with Gasteiger partial charge in [0.2, 0.25) is 0 Å². The Hall–Kier alpha value is -2.48. The van der Waals surface area contributed by atoms with Crippen LogP contribution in [0.1, 0.15) is 5.56 Å². The Labute approximate surface area is 182 Å². The Morgan fingerprint density at radius 3 is 2.23 bits per heavy atom. The van der Waals surface area contributed by atoms with E-state index in [1.165, 1.54) is 6.07 Å². The quantitative estimate of drug-likeness (QED) is 0.665. The van der Waals surface area contributed by atoms with Crippen LogP contribution in [-0.2, 0) is 9.59 Å². The third-order valence-electron chi connectivity index (χ3n) is 5.23. The fraction of sp³-hybridized carbons (Fsp3) is 0.238. The molecule has 0 aromatic heterocycles. The summed E-state index contributed by atoms with van der Waals surface area (Å²) in [5.74, 6) is -3.19. The van der Waals surface area contributed by atoms with Gasteiger partial charge in [0.25, 0.3) is 11.8 Å². The van der Waals surface area contributed by atoms with Gasteiger partial charge in [-0.3, -0.25) is 9.59 Å². The van der Waals surface area contributed by atoms with Crippen LogP contribution in [0.4, 0.5) is 14.5 Å². The number of halogens is 4. The predicted molar refractivity (Wildman–Crippen MR) is 111 cm³/mol. The molecule has 5 nitrogen and oxygen atoms in total. The number of amides is 2. The summed E-state index contributed by atoms with van der Waals surface area (Å²) in [5.41, 5.74) is 0.257. The summed E-state index contributed by atoms with van der Waals surface area (Å²) in [6.07, 6.45) is 0. The van der Waals surface area contributed by atoms with Crippen molar-refractivity contribution in [2.45, 2.75) is 0 Å². The smallest absolute Gasteiger partial charge is 0.282 e. The first-order valence-corrected chi connectivity index (χ1v) is 10.0. The highest BCUT2D eigenvalue weighted by Gasteiger charge is 2.44. The molecule has 0 saturated carbocycles. The average Bonchev–Trinajstić information content (AvgIpc) is 2.93. The molecule has 2 aromatic carbocycles. The number of benzene rings is 2. The first kappa shape index (κ1) is 20.8. The standard InChI is InChI=1S/C21H17Cl2F2N3O2/c1-26-6-8-27(9-7-26)19-18(14-4-2-12(22)10-15(14)23)20(29)28(21(19)30)17-5-3-13(24)11-16(17)25/h2-5,10-11H,6-9H2,1H3. The lowest BCUT2D eigenvalue weighted by Crippen LogP contribution is -2.46. The minimum Gasteiger partial charge on any atom is -0.364 e. The second-order valence-electron chi connectivity index (χ2n) is 7.18. The molecule has 0 unspecified atom stereocenters. The molecule has 0 atom stereocenters. The summed E-state index contributed by atoms with van der Waals surface area (Å²) in [6.45, 7) is 2.41. The molecule has 0 spiro atoms. The van der Waals surface area contributed by atoms with E-state index in [-0.39, 0.29) is 22.0 Å². The van der Waals surface area contributed by atoms with Crippen LogP contribution in [0.3, 0.4) is 0 Å². The van der Waals surface area contributed by atoms with Gasteiger partial charge in [-0.05, 0) is 31.3 Å². The van der Waals surface area contributed by atoms with Crippen molar-refractivity contribution in [3.63, 3.8) is 0 Å². The molecule has 0 bridgehead atoms. The van der Waals surface area contributed by atoms with Crippen molar-refractivity contribution < 1.29 is 18.4 Å². The molecule has 1 saturated heterocycles. The molecule has 2 amide bonds. The molecular weight excluding hydrogens is 435 g/mol. The van der Waals surface area contributed by atoms with E-state index in [9.17, 15) is 18.4 Å². The van der Waals surface area contributed by atoms with E-state index in [4.69, 9.17) is 23.2 Å². The van der Waals surface area contributed by atoms with E-state index in [1.54, 1.807) is 12.1 Å². The van der Waals surface area contributed by atoms with E-state index >= 15 is 0 Å². The van der Waals surface area contributed by atoms with E-state index in [2.05, 4.69) is 4.90 Å². The number of piperazine rings is 1. The normalized spacial score (nSPS) is 18.0. The van der Waals surface area contributed by atoms with Crippen LogP contribution < -0.4 is 4.90 Å². The Morgan fingerprint density at radius 2 is 1.60 bits per heavy atom. The van der Waals surface area contributed by atoms with Gasteiger partial charge in [-0.25, -0.2) is 13.7 Å². The van der Waals surface area contributed by atoms with Gasteiger partial charge in [-0.2, -0.15) is 0 Å². The highest BCUT2D eigenvalue weighted by Crippen LogP contribution is 2.39. The van der Waals surface area contributed by atoms with E-state index in [0.29, 0.717) is 42.8 Å². The number of rotatable bonds is 3. The highest BCUT2D eigenvalue weighted by molar-refractivity contribution is 6.47. The molecule has 0 N–H and O–H groups in total. The second-order valence-corrected chi connectivity index (χ2v) is 8.02. The fourth-order valence-electron chi connectivity index (χ4n) is 3.66. The number of anilines is 1. The third kappa shape index (κ3) is 3.57. The van der Waals surface area contributed by atoms with Crippen LogP contribution in [0.15, 0.2) is 42.1 Å². The van der Waals surface area contributed by atoms with Crippen LogP contribution in [0, 0.1) is 11.6 Å². The summed E-state index contributed by atoms with van der Waals surface area (Å²) < 4.78 is 27.8. The molecule has 2 aromatic rings. The SMILES string of the molecule is CN1CCN(C2=C(c3ccc(Cl)cc3Cl)C(=O)N(c3ccc(F)cc3F)C2=O)CC1. The first-order valence-electron chi connectivity index (χ1n) is 9.25. The Kier molecular flexibility index (Phi) is 5.53. The van der Waals surface area contributed by atoms with Crippen LogP contribution in [0.25, 0.3) is 5.57 Å². The largest absolute Gasteiger partial charge is 0.364 e. The maximum atomic E-state index is 14.5. The van der Waals surface area contributed by atoms with Gasteiger partial charge in [0.05, 0.1) is 16.3 Å². The number of hydrogen-bond acceptors (Lipinski definition) is 4. The topological polar surface area (TPSA) is 43.9 Å². The van der Waals surface area contributed by atoms with Gasteiger partial charge >= 0.3 is 0 Å². The molecule has 0 aliphatic carbocycles. The van der Waals surface area contributed by atoms with E-state index in [0.717, 1.165) is 17.0 Å². The van der Waals surface area contributed by atoms with Crippen molar-refractivity contribution >= 4 is 46.3 Å². The van der Waals surface area contributed by atoms with Gasteiger partial charge in [0.1, 0.15) is 17.3 Å². The number of nitrogens with zero attached hydrogens (tertiary/aromatic N) is 3. The molecule has 1 fully saturated rings. The summed E-state index contributed by atoms with van der Waals surface area (Å²) >= 11 is 12.3. The zero-order chi connectivity index (χ0) is 21.6. The van der Waals surface area contributed by atoms with Gasteiger partial charge < -0.3 is 9.80 Å². The third-order valence-corrected chi connectivity index (χ3v) is 5.78. The molecule has 156 valence electrons. The second kappa shape index (κ2) is 7.98. The molecule has 9 heteroatoms. The Bertz CT molecular complexity index is 1080. The van der Waals surface area contributed by atoms with E-state index < -0.39 is 23.4 Å². The molecule has 4 rings (SSSR count). The monoisotopic (exact) mass is 451 g/mol. The number of imide groups is 1. The lowest BCUT2D eigenvalue weighted by molar-refractivity contribution is -0.120. The molecule has 2 heterocycles. The van der Waals surface area contributed by atoms with Gasteiger partial charge in [-0.15, -0.1) is 0 Å². The van der Waals surface area contributed by atoms with Crippen LogP contribution in [-0.4, -0.2) is 54.8 Å². The van der Waals surface area contributed by atoms with Gasteiger partial charge in [0, 0.05) is 42.8 Å². The maximum Gasteiger partial charge on any atom is 0.282 e. The minimum atomic E-state index is -1.00. The number of carbonyl (C=O) groups excluding carboxylic acids is 2. The summed E-state index contributed by atoms with van der Waals surface area (Å²) in [4.78, 5) is 31.4. The molecular formula is C21H17Cl2F2N3O2. The fourth-order valence-corrected chi connectivity index (χ4v) is 4.16. The molecule has 2 aliphatic heterocycles. The van der Waals surface area contributed by atoms with Gasteiger partial charge in [0.15, 0.2) is 0 Å². The highest BCUT2D eigenvalue weighted by atomic mass is 35.5. The minimum absolute atomic E-state index is 0.0787. The summed E-state index contributed by atoms with van der Waals surface area (Å²) in [7, 11) is 1.96. The Morgan fingerprint density at radius 1 is 0.900 bits per heavy atom. The zero-order valence-electron chi connectivity index (χ0n) is 16.0. The van der Waals surface area contributed by atoms with Crippen molar-refractivity contribution in [2.75, 3.05) is 38.1 Å². The van der Waals surface area contributed by atoms with Crippen molar-refractivity contribution in [3.05, 3.63) is 69.3 Å². The average molecular weight is 452 g/mol.